The third-order valence-corrected chi connectivity index (χ3v) is 4.18. The molecule has 4 rings (SSSR count). The van der Waals surface area contributed by atoms with Crippen LogP contribution in [0.3, 0.4) is 0 Å². The Hall–Kier alpha value is -3.19. The number of ether oxygens (including phenoxy) is 1. The van der Waals surface area contributed by atoms with Crippen LogP contribution in [-0.4, -0.2) is 26.4 Å². The van der Waals surface area contributed by atoms with Gasteiger partial charge >= 0.3 is 0 Å². The molecule has 3 aromatic heterocycles. The lowest BCUT2D eigenvalue weighted by Gasteiger charge is -2.07. The van der Waals surface area contributed by atoms with E-state index in [-0.39, 0.29) is 12.1 Å². The molecule has 4 aromatic rings. The maximum atomic E-state index is 12.0. The van der Waals surface area contributed by atoms with E-state index < -0.39 is 0 Å². The van der Waals surface area contributed by atoms with Gasteiger partial charge in [0.15, 0.2) is 0 Å². The number of rotatable bonds is 4. The summed E-state index contributed by atoms with van der Waals surface area (Å²) in [6, 6.07) is 9.46. The summed E-state index contributed by atoms with van der Waals surface area (Å²) in [5.41, 5.74) is 9.01. The molecular weight excluding hydrogens is 318 g/mol. The Labute approximate surface area is 143 Å². The molecule has 0 atom stereocenters. The van der Waals surface area contributed by atoms with Gasteiger partial charge in [0.05, 0.1) is 29.4 Å². The SMILES string of the molecule is CCOc1ccn2ncc(-c3ccc4c(=O)[nH]nc(CN)c4c3)c2c1. The Balaban J connectivity index is 1.94. The smallest absolute Gasteiger partial charge is 0.272 e. The molecule has 3 N–H and O–H groups in total. The zero-order valence-electron chi connectivity index (χ0n) is 13.7. The van der Waals surface area contributed by atoms with E-state index in [1.165, 1.54) is 0 Å². The highest BCUT2D eigenvalue weighted by Crippen LogP contribution is 2.29. The molecule has 0 unspecified atom stereocenters. The molecule has 7 nitrogen and oxygen atoms in total. The van der Waals surface area contributed by atoms with Gasteiger partial charge in [0, 0.05) is 29.8 Å². The molecule has 0 aliphatic rings. The first kappa shape index (κ1) is 15.3. The normalized spacial score (nSPS) is 11.3. The molecule has 0 aliphatic carbocycles. The van der Waals surface area contributed by atoms with Crippen molar-refractivity contribution in [1.29, 1.82) is 0 Å². The van der Waals surface area contributed by atoms with Gasteiger partial charge in [-0.25, -0.2) is 9.61 Å². The Morgan fingerprint density at radius 1 is 1.24 bits per heavy atom. The molecule has 0 aliphatic heterocycles. The van der Waals surface area contributed by atoms with Gasteiger partial charge in [-0.05, 0) is 30.7 Å². The van der Waals surface area contributed by atoms with E-state index in [1.807, 2.05) is 37.4 Å². The van der Waals surface area contributed by atoms with E-state index in [9.17, 15) is 4.79 Å². The van der Waals surface area contributed by atoms with E-state index in [1.54, 1.807) is 16.8 Å². The number of H-pyrrole nitrogens is 1. The predicted molar refractivity (Wildman–Crippen MR) is 95.6 cm³/mol. The monoisotopic (exact) mass is 335 g/mol. The Kier molecular flexibility index (Phi) is 3.70. The van der Waals surface area contributed by atoms with Crippen molar-refractivity contribution in [2.75, 3.05) is 6.61 Å². The summed E-state index contributed by atoms with van der Waals surface area (Å²) in [6.07, 6.45) is 3.66. The molecule has 0 bridgehead atoms. The van der Waals surface area contributed by atoms with Crippen molar-refractivity contribution in [2.45, 2.75) is 13.5 Å². The summed E-state index contributed by atoms with van der Waals surface area (Å²) < 4.78 is 7.38. The molecular formula is C18H17N5O2. The fraction of sp³-hybridized carbons (Fsp3) is 0.167. The van der Waals surface area contributed by atoms with Crippen molar-refractivity contribution in [3.8, 4) is 16.9 Å². The molecule has 0 spiro atoms. The number of nitrogens with two attached hydrogens (primary N) is 1. The lowest BCUT2D eigenvalue weighted by Crippen LogP contribution is -2.13. The average molecular weight is 335 g/mol. The van der Waals surface area contributed by atoms with E-state index in [4.69, 9.17) is 10.5 Å². The van der Waals surface area contributed by atoms with Crippen molar-refractivity contribution in [2.24, 2.45) is 5.73 Å². The maximum absolute atomic E-state index is 12.0. The first-order chi connectivity index (χ1) is 12.2. The van der Waals surface area contributed by atoms with Crippen LogP contribution in [0.25, 0.3) is 27.4 Å². The van der Waals surface area contributed by atoms with Gasteiger partial charge in [-0.3, -0.25) is 4.79 Å². The highest BCUT2D eigenvalue weighted by Gasteiger charge is 2.11. The summed E-state index contributed by atoms with van der Waals surface area (Å²) in [6.45, 7) is 2.80. The van der Waals surface area contributed by atoms with Crippen LogP contribution in [0.1, 0.15) is 12.6 Å². The van der Waals surface area contributed by atoms with E-state index in [0.29, 0.717) is 17.7 Å². The van der Waals surface area contributed by atoms with Crippen LogP contribution in [0, 0.1) is 0 Å². The summed E-state index contributed by atoms with van der Waals surface area (Å²) in [5, 5.41) is 12.2. The van der Waals surface area contributed by atoms with Gasteiger partial charge in [0.25, 0.3) is 5.56 Å². The van der Waals surface area contributed by atoms with E-state index >= 15 is 0 Å². The molecule has 1 aromatic carbocycles. The molecule has 25 heavy (non-hydrogen) atoms. The molecule has 0 saturated carbocycles. The molecule has 0 saturated heterocycles. The number of aromatic amines is 1. The Morgan fingerprint density at radius 2 is 2.12 bits per heavy atom. The van der Waals surface area contributed by atoms with Gasteiger partial charge in [0.2, 0.25) is 0 Å². The van der Waals surface area contributed by atoms with Crippen LogP contribution in [-0.2, 0) is 6.54 Å². The Bertz CT molecular complexity index is 1130. The van der Waals surface area contributed by atoms with E-state index in [0.717, 1.165) is 27.8 Å². The molecule has 126 valence electrons. The summed E-state index contributed by atoms with van der Waals surface area (Å²) in [4.78, 5) is 12.0. The molecule has 7 heteroatoms. The van der Waals surface area contributed by atoms with Crippen molar-refractivity contribution in [3.05, 3.63) is 58.8 Å². The number of hydrogen-bond donors (Lipinski definition) is 2. The fourth-order valence-corrected chi connectivity index (χ4v) is 2.98. The number of hydrogen-bond acceptors (Lipinski definition) is 5. The van der Waals surface area contributed by atoms with Gasteiger partial charge in [-0.2, -0.15) is 10.2 Å². The third-order valence-electron chi connectivity index (χ3n) is 4.18. The highest BCUT2D eigenvalue weighted by molar-refractivity contribution is 5.91. The highest BCUT2D eigenvalue weighted by atomic mass is 16.5. The minimum Gasteiger partial charge on any atom is -0.494 e. The van der Waals surface area contributed by atoms with Crippen molar-refractivity contribution in [3.63, 3.8) is 0 Å². The van der Waals surface area contributed by atoms with Gasteiger partial charge in [-0.1, -0.05) is 6.07 Å². The van der Waals surface area contributed by atoms with Crippen LogP contribution in [0.4, 0.5) is 0 Å². The topological polar surface area (TPSA) is 98.3 Å². The first-order valence-corrected chi connectivity index (χ1v) is 8.03. The quantitative estimate of drug-likeness (QED) is 0.595. The lowest BCUT2D eigenvalue weighted by atomic mass is 10.0. The second-order valence-electron chi connectivity index (χ2n) is 5.65. The first-order valence-electron chi connectivity index (χ1n) is 8.03. The van der Waals surface area contributed by atoms with Crippen LogP contribution in [0.2, 0.25) is 0 Å². The standard InChI is InChI=1S/C18H17N5O2/c1-2-25-12-5-6-23-17(8-12)15(10-20-23)11-3-4-13-14(7-11)16(9-19)21-22-18(13)24/h3-8,10H,2,9,19H2,1H3,(H,22,24). The summed E-state index contributed by atoms with van der Waals surface area (Å²) in [7, 11) is 0. The average Bonchev–Trinajstić information content (AvgIpc) is 3.05. The van der Waals surface area contributed by atoms with Crippen molar-refractivity contribution < 1.29 is 4.74 Å². The number of nitrogens with zero attached hydrogens (tertiary/aromatic N) is 3. The zero-order valence-corrected chi connectivity index (χ0v) is 13.7. The van der Waals surface area contributed by atoms with Crippen LogP contribution < -0.4 is 16.0 Å². The predicted octanol–water partition coefficient (Wildman–Crippen LogP) is 2.10. The summed E-state index contributed by atoms with van der Waals surface area (Å²) in [5.74, 6) is 0.790. The van der Waals surface area contributed by atoms with Crippen molar-refractivity contribution >= 4 is 16.3 Å². The zero-order chi connectivity index (χ0) is 17.4. The molecule has 0 radical (unpaired) electrons. The number of pyridine rings is 1. The summed E-state index contributed by atoms with van der Waals surface area (Å²) >= 11 is 0. The number of nitrogens with one attached hydrogen (secondary N) is 1. The van der Waals surface area contributed by atoms with Crippen LogP contribution in [0.15, 0.2) is 47.5 Å². The largest absolute Gasteiger partial charge is 0.494 e. The number of aromatic nitrogens is 4. The third kappa shape index (κ3) is 2.54. The minimum absolute atomic E-state index is 0.225. The molecule has 0 fully saturated rings. The fourth-order valence-electron chi connectivity index (χ4n) is 2.98. The van der Waals surface area contributed by atoms with Gasteiger partial charge in [-0.15, -0.1) is 0 Å². The molecule has 0 amide bonds. The second-order valence-corrected chi connectivity index (χ2v) is 5.65. The van der Waals surface area contributed by atoms with Gasteiger partial charge < -0.3 is 10.5 Å². The lowest BCUT2D eigenvalue weighted by molar-refractivity contribution is 0.340. The minimum atomic E-state index is -0.225. The van der Waals surface area contributed by atoms with Crippen LogP contribution in [0.5, 0.6) is 5.75 Å². The van der Waals surface area contributed by atoms with Crippen LogP contribution >= 0.6 is 0 Å². The van der Waals surface area contributed by atoms with E-state index in [2.05, 4.69) is 15.3 Å². The van der Waals surface area contributed by atoms with Crippen molar-refractivity contribution in [1.82, 2.24) is 19.8 Å². The second kappa shape index (κ2) is 6.03. The number of benzene rings is 1. The maximum Gasteiger partial charge on any atom is 0.272 e. The van der Waals surface area contributed by atoms with Gasteiger partial charge in [0.1, 0.15) is 5.75 Å². The molecule has 3 heterocycles. The Morgan fingerprint density at radius 3 is 2.92 bits per heavy atom. The number of fused-ring (bicyclic) bond motifs is 2.